The first-order chi connectivity index (χ1) is 19.0. The van der Waals surface area contributed by atoms with Crippen molar-refractivity contribution in [1.29, 1.82) is 10.8 Å². The fourth-order valence-electron chi connectivity index (χ4n) is 7.03. The Bertz CT molecular complexity index is 1120. The van der Waals surface area contributed by atoms with E-state index in [9.17, 15) is 9.59 Å². The summed E-state index contributed by atoms with van der Waals surface area (Å²) in [5, 5.41) is 20.2. The van der Waals surface area contributed by atoms with E-state index >= 15 is 0 Å². The minimum atomic E-state index is -0.633. The number of benzene rings is 1. The molecule has 40 heavy (non-hydrogen) atoms. The number of nitrogens with one attached hydrogen (secondary N) is 3. The SMILES string of the molecule is CCCN1CCC(NC(=O)c2ccc(N)c(OC)c2)CC1C1CCC(N2CC(C)(C)C(=O)N(C)C(C=N)C2=N)C1. The summed E-state index contributed by atoms with van der Waals surface area (Å²) in [6.45, 7) is 8.56. The Labute approximate surface area is 238 Å². The molecule has 1 aromatic carbocycles. The molecule has 5 N–H and O–H groups in total. The molecule has 1 saturated carbocycles. The first-order valence-corrected chi connectivity index (χ1v) is 14.6. The van der Waals surface area contributed by atoms with Gasteiger partial charge in [0.05, 0.1) is 18.2 Å². The van der Waals surface area contributed by atoms with Crippen molar-refractivity contribution in [3.63, 3.8) is 0 Å². The lowest BCUT2D eigenvalue weighted by Gasteiger charge is -2.43. The van der Waals surface area contributed by atoms with Crippen LogP contribution in [0.1, 0.15) is 69.7 Å². The van der Waals surface area contributed by atoms with E-state index in [1.807, 2.05) is 13.8 Å². The van der Waals surface area contributed by atoms with Crippen LogP contribution in [0.2, 0.25) is 0 Å². The molecule has 3 fully saturated rings. The summed E-state index contributed by atoms with van der Waals surface area (Å²) in [4.78, 5) is 32.5. The van der Waals surface area contributed by atoms with Gasteiger partial charge in [0.25, 0.3) is 5.91 Å². The number of rotatable bonds is 8. The molecule has 0 spiro atoms. The maximum absolute atomic E-state index is 13.1. The molecule has 0 radical (unpaired) electrons. The summed E-state index contributed by atoms with van der Waals surface area (Å²) in [6, 6.07) is 5.09. The van der Waals surface area contributed by atoms with Crippen molar-refractivity contribution in [3.8, 4) is 5.75 Å². The van der Waals surface area contributed by atoms with Crippen LogP contribution in [-0.2, 0) is 4.79 Å². The zero-order chi connectivity index (χ0) is 29.2. The Balaban J connectivity index is 1.47. The molecule has 3 aliphatic rings. The predicted molar refractivity (Wildman–Crippen MR) is 158 cm³/mol. The van der Waals surface area contributed by atoms with Crippen LogP contribution in [0, 0.1) is 22.2 Å². The number of carbonyl (C=O) groups is 2. The number of hydrogen-bond acceptors (Lipinski definition) is 7. The molecule has 4 rings (SSSR count). The lowest BCUT2D eigenvalue weighted by molar-refractivity contribution is -0.138. The molecule has 10 heteroatoms. The highest BCUT2D eigenvalue weighted by atomic mass is 16.5. The largest absolute Gasteiger partial charge is 0.495 e. The van der Waals surface area contributed by atoms with Crippen molar-refractivity contribution in [3.05, 3.63) is 23.8 Å². The van der Waals surface area contributed by atoms with E-state index in [4.69, 9.17) is 21.3 Å². The highest BCUT2D eigenvalue weighted by molar-refractivity contribution is 6.04. The normalized spacial score (nSPS) is 29.3. The molecule has 0 aromatic heterocycles. The van der Waals surface area contributed by atoms with Crippen molar-refractivity contribution in [2.45, 2.75) is 83.5 Å². The zero-order valence-electron chi connectivity index (χ0n) is 24.7. The molecule has 10 nitrogen and oxygen atoms in total. The van der Waals surface area contributed by atoms with Gasteiger partial charge < -0.3 is 31.0 Å². The number of carbonyl (C=O) groups excluding carboxylic acids is 2. The second-order valence-electron chi connectivity index (χ2n) is 12.4. The standard InChI is InChI=1S/C30H47N7O3/c1-6-12-36-13-11-21(34-28(38)20-8-10-23(32)26(15-20)40-5)16-24(36)19-7-9-22(14-19)37-18-30(2,3)29(39)35(4)25(17-31)27(37)33/h8,10,15,17,19,21-22,24-25,31,33H,6-7,9,11-14,16,18,32H2,1-5H3,(H,34,38). The molecule has 220 valence electrons. The van der Waals surface area contributed by atoms with E-state index in [1.165, 1.54) is 6.21 Å². The van der Waals surface area contributed by atoms with E-state index in [1.54, 1.807) is 37.3 Å². The Morgan fingerprint density at radius 3 is 2.67 bits per heavy atom. The van der Waals surface area contributed by atoms with E-state index in [0.29, 0.717) is 41.3 Å². The molecule has 1 aliphatic carbocycles. The van der Waals surface area contributed by atoms with Crippen LogP contribution in [0.4, 0.5) is 5.69 Å². The minimum Gasteiger partial charge on any atom is -0.495 e. The molecule has 2 aliphatic heterocycles. The highest BCUT2D eigenvalue weighted by Crippen LogP contribution is 2.39. The molecule has 2 amide bonds. The third-order valence-corrected chi connectivity index (χ3v) is 9.16. The van der Waals surface area contributed by atoms with Gasteiger partial charge in [-0.2, -0.15) is 0 Å². The number of amides is 2. The number of nitrogens with zero attached hydrogens (tertiary/aromatic N) is 3. The Morgan fingerprint density at radius 1 is 1.25 bits per heavy atom. The van der Waals surface area contributed by atoms with Crippen LogP contribution in [0.3, 0.4) is 0 Å². The fraction of sp³-hybridized carbons (Fsp3) is 0.667. The summed E-state index contributed by atoms with van der Waals surface area (Å²) >= 11 is 0. The molecular formula is C30H47N7O3. The zero-order valence-corrected chi connectivity index (χ0v) is 24.7. The van der Waals surface area contributed by atoms with Crippen LogP contribution in [0.15, 0.2) is 18.2 Å². The maximum Gasteiger partial charge on any atom is 0.251 e. The van der Waals surface area contributed by atoms with Gasteiger partial charge in [0, 0.05) is 50.0 Å². The lowest BCUT2D eigenvalue weighted by Crippen LogP contribution is -2.53. The number of amidine groups is 1. The van der Waals surface area contributed by atoms with Gasteiger partial charge in [-0.15, -0.1) is 0 Å². The van der Waals surface area contributed by atoms with Crippen molar-refractivity contribution in [2.24, 2.45) is 11.3 Å². The molecular weight excluding hydrogens is 506 g/mol. The van der Waals surface area contributed by atoms with Gasteiger partial charge in [-0.05, 0) is 83.0 Å². The van der Waals surface area contributed by atoms with Gasteiger partial charge in [-0.3, -0.25) is 19.9 Å². The van der Waals surface area contributed by atoms with Crippen LogP contribution in [0.25, 0.3) is 0 Å². The van der Waals surface area contributed by atoms with Crippen LogP contribution >= 0.6 is 0 Å². The maximum atomic E-state index is 13.1. The average Bonchev–Trinajstić information content (AvgIpc) is 3.40. The second kappa shape index (κ2) is 12.2. The first kappa shape index (κ1) is 29.8. The summed E-state index contributed by atoms with van der Waals surface area (Å²) in [7, 11) is 3.25. The topological polar surface area (TPSA) is 139 Å². The number of likely N-dealkylation sites (tertiary alicyclic amines) is 1. The van der Waals surface area contributed by atoms with E-state index in [2.05, 4.69) is 22.0 Å². The lowest BCUT2D eigenvalue weighted by atomic mass is 9.86. The molecule has 2 saturated heterocycles. The number of hydrogen-bond donors (Lipinski definition) is 4. The third kappa shape index (κ3) is 5.96. The Kier molecular flexibility index (Phi) is 9.07. The van der Waals surface area contributed by atoms with E-state index in [-0.39, 0.29) is 23.9 Å². The number of piperidine rings is 1. The predicted octanol–water partition coefficient (Wildman–Crippen LogP) is 3.21. The van der Waals surface area contributed by atoms with Gasteiger partial charge in [0.2, 0.25) is 5.91 Å². The van der Waals surface area contributed by atoms with Crippen LogP contribution in [0.5, 0.6) is 5.75 Å². The first-order valence-electron chi connectivity index (χ1n) is 14.6. The third-order valence-electron chi connectivity index (χ3n) is 9.16. The monoisotopic (exact) mass is 553 g/mol. The molecule has 5 atom stereocenters. The summed E-state index contributed by atoms with van der Waals surface area (Å²) in [5.74, 6) is 1.16. The number of anilines is 1. The summed E-state index contributed by atoms with van der Waals surface area (Å²) < 4.78 is 5.30. The number of nitrogens with two attached hydrogens (primary N) is 1. The van der Waals surface area contributed by atoms with E-state index < -0.39 is 11.5 Å². The fourth-order valence-corrected chi connectivity index (χ4v) is 7.03. The Hall–Kier alpha value is -3.14. The van der Waals surface area contributed by atoms with Gasteiger partial charge >= 0.3 is 0 Å². The summed E-state index contributed by atoms with van der Waals surface area (Å²) in [5.41, 5.74) is 6.35. The molecule has 5 unspecified atom stereocenters. The van der Waals surface area contributed by atoms with Crippen LogP contribution < -0.4 is 15.8 Å². The number of ether oxygens (including phenoxy) is 1. The number of likely N-dealkylation sites (N-methyl/N-ethyl adjacent to an activating group) is 1. The van der Waals surface area contributed by atoms with Crippen molar-refractivity contribution >= 4 is 29.6 Å². The van der Waals surface area contributed by atoms with E-state index in [0.717, 1.165) is 51.6 Å². The smallest absolute Gasteiger partial charge is 0.251 e. The van der Waals surface area contributed by atoms with Crippen molar-refractivity contribution in [2.75, 3.05) is 39.5 Å². The van der Waals surface area contributed by atoms with Gasteiger partial charge in [0.1, 0.15) is 17.6 Å². The van der Waals surface area contributed by atoms with Gasteiger partial charge in [-0.1, -0.05) is 6.92 Å². The van der Waals surface area contributed by atoms with Gasteiger partial charge in [0.15, 0.2) is 0 Å². The average molecular weight is 554 g/mol. The summed E-state index contributed by atoms with van der Waals surface area (Å²) in [6.07, 6.45) is 7.05. The van der Waals surface area contributed by atoms with Crippen molar-refractivity contribution in [1.82, 2.24) is 20.0 Å². The molecule has 2 heterocycles. The van der Waals surface area contributed by atoms with Crippen LogP contribution in [-0.4, -0.2) is 96.5 Å². The minimum absolute atomic E-state index is 0.0264. The number of nitrogen functional groups attached to an aromatic ring is 1. The Morgan fingerprint density at radius 2 is 2.00 bits per heavy atom. The van der Waals surface area contributed by atoms with Crippen molar-refractivity contribution < 1.29 is 14.3 Å². The molecule has 1 aromatic rings. The highest BCUT2D eigenvalue weighted by Gasteiger charge is 2.46. The quantitative estimate of drug-likeness (QED) is 0.288. The second-order valence-corrected chi connectivity index (χ2v) is 12.4. The van der Waals surface area contributed by atoms with Gasteiger partial charge in [-0.25, -0.2) is 0 Å². The molecule has 0 bridgehead atoms. The number of methoxy groups -OCH3 is 1.